The minimum Gasteiger partial charge on any atom is -0.354 e. The summed E-state index contributed by atoms with van der Waals surface area (Å²) in [4.78, 5) is 20.1. The van der Waals surface area contributed by atoms with Crippen molar-refractivity contribution in [1.29, 1.82) is 0 Å². The summed E-state index contributed by atoms with van der Waals surface area (Å²) >= 11 is 0. The Balaban J connectivity index is 2.03. The summed E-state index contributed by atoms with van der Waals surface area (Å²) in [6.45, 7) is 10.5. The van der Waals surface area contributed by atoms with Gasteiger partial charge in [0.1, 0.15) is 5.82 Å². The Labute approximate surface area is 150 Å². The number of rotatable bonds is 4. The first-order chi connectivity index (χ1) is 11.8. The largest absolute Gasteiger partial charge is 0.354 e. The van der Waals surface area contributed by atoms with Crippen molar-refractivity contribution in [3.8, 4) is 0 Å². The van der Waals surface area contributed by atoms with E-state index in [1.165, 1.54) is 32.1 Å². The van der Waals surface area contributed by atoms with Gasteiger partial charge in [-0.3, -0.25) is 9.13 Å². The van der Waals surface area contributed by atoms with Gasteiger partial charge < -0.3 is 4.90 Å². The maximum atomic E-state index is 12.7. The van der Waals surface area contributed by atoms with Gasteiger partial charge in [-0.25, -0.2) is 9.78 Å². The molecule has 1 fully saturated rings. The molecule has 0 aromatic carbocycles. The van der Waals surface area contributed by atoms with Crippen molar-refractivity contribution >= 4 is 17.0 Å². The van der Waals surface area contributed by atoms with E-state index >= 15 is 0 Å². The predicted octanol–water partition coefficient (Wildman–Crippen LogP) is 3.94. The number of imidazole rings is 1. The number of anilines is 1. The van der Waals surface area contributed by atoms with Crippen molar-refractivity contribution in [2.45, 2.75) is 72.4 Å². The van der Waals surface area contributed by atoms with E-state index in [-0.39, 0.29) is 11.1 Å². The van der Waals surface area contributed by atoms with Crippen molar-refractivity contribution in [3.05, 3.63) is 22.6 Å². The van der Waals surface area contributed by atoms with E-state index in [2.05, 4.69) is 44.7 Å². The van der Waals surface area contributed by atoms with Crippen LogP contribution in [-0.2, 0) is 13.6 Å². The lowest BCUT2D eigenvalue weighted by Crippen LogP contribution is -2.40. The Bertz CT molecular complexity index is 794. The molecule has 0 N–H and O–H groups in total. The number of pyridine rings is 1. The van der Waals surface area contributed by atoms with E-state index in [1.54, 1.807) is 4.57 Å². The van der Waals surface area contributed by atoms with Gasteiger partial charge in [0.15, 0.2) is 5.65 Å². The van der Waals surface area contributed by atoms with Crippen molar-refractivity contribution in [2.75, 3.05) is 11.4 Å². The van der Waals surface area contributed by atoms with Crippen LogP contribution in [0.15, 0.2) is 16.9 Å². The van der Waals surface area contributed by atoms with Gasteiger partial charge in [0.05, 0.1) is 5.52 Å². The van der Waals surface area contributed by atoms with Crippen molar-refractivity contribution in [3.63, 3.8) is 0 Å². The van der Waals surface area contributed by atoms with Gasteiger partial charge in [0, 0.05) is 26.2 Å². The molecule has 25 heavy (non-hydrogen) atoms. The van der Waals surface area contributed by atoms with Crippen LogP contribution in [-0.4, -0.2) is 26.7 Å². The molecular weight excluding hydrogens is 312 g/mol. The van der Waals surface area contributed by atoms with Gasteiger partial charge in [-0.15, -0.1) is 0 Å². The molecule has 3 heterocycles. The van der Waals surface area contributed by atoms with Crippen LogP contribution in [0.1, 0.15) is 59.8 Å². The summed E-state index contributed by atoms with van der Waals surface area (Å²) in [6.07, 6.45) is 6.19. The van der Waals surface area contributed by atoms with Crippen LogP contribution in [0.5, 0.6) is 0 Å². The van der Waals surface area contributed by atoms with E-state index < -0.39 is 0 Å². The normalized spacial score (nSPS) is 18.9. The van der Waals surface area contributed by atoms with E-state index in [4.69, 9.17) is 4.98 Å². The summed E-state index contributed by atoms with van der Waals surface area (Å²) in [5.41, 5.74) is 1.82. The molecule has 2 aromatic heterocycles. The van der Waals surface area contributed by atoms with Crippen molar-refractivity contribution < 1.29 is 0 Å². The summed E-state index contributed by atoms with van der Waals surface area (Å²) in [7, 11) is 1.83. The van der Waals surface area contributed by atoms with Gasteiger partial charge in [-0.1, -0.05) is 34.1 Å². The number of fused-ring (bicyclic) bond motifs is 1. The first-order valence-electron chi connectivity index (χ1n) is 9.65. The van der Waals surface area contributed by atoms with Gasteiger partial charge in [-0.2, -0.15) is 0 Å². The standard InChI is InChI=1S/C20H32N4O/c1-6-9-15-10-7-8-13-23(15)17-12-11-16-18(21-17)22(5)19(25)24(16)14-20(2,3)4/h11-12,15H,6-10,13-14H2,1-5H3. The first-order valence-corrected chi connectivity index (χ1v) is 9.65. The maximum absolute atomic E-state index is 12.7. The molecule has 5 heteroatoms. The smallest absolute Gasteiger partial charge is 0.330 e. The number of hydrogen-bond donors (Lipinski definition) is 0. The second kappa shape index (κ2) is 6.85. The van der Waals surface area contributed by atoms with Crippen LogP contribution in [0.25, 0.3) is 11.2 Å². The minimum absolute atomic E-state index is 0.0262. The zero-order valence-corrected chi connectivity index (χ0v) is 16.4. The third-order valence-electron chi connectivity index (χ3n) is 5.14. The molecule has 1 aliphatic heterocycles. The molecule has 1 unspecified atom stereocenters. The molecule has 0 bridgehead atoms. The van der Waals surface area contributed by atoms with Crippen LogP contribution in [0.2, 0.25) is 0 Å². The Morgan fingerprint density at radius 2 is 2.00 bits per heavy atom. The summed E-state index contributed by atoms with van der Waals surface area (Å²) in [5.74, 6) is 1.02. The number of hydrogen-bond acceptors (Lipinski definition) is 3. The highest BCUT2D eigenvalue weighted by Gasteiger charge is 2.24. The van der Waals surface area contributed by atoms with Gasteiger partial charge >= 0.3 is 5.69 Å². The first kappa shape index (κ1) is 18.0. The lowest BCUT2D eigenvalue weighted by Gasteiger charge is -2.36. The number of nitrogens with zero attached hydrogens (tertiary/aromatic N) is 4. The van der Waals surface area contributed by atoms with Crippen LogP contribution in [0.3, 0.4) is 0 Å². The second-order valence-electron chi connectivity index (χ2n) is 8.63. The predicted molar refractivity (Wildman–Crippen MR) is 104 cm³/mol. The van der Waals surface area contributed by atoms with Crippen LogP contribution < -0.4 is 10.6 Å². The number of aromatic nitrogens is 3. The average molecular weight is 345 g/mol. The molecule has 0 aliphatic carbocycles. The summed E-state index contributed by atoms with van der Waals surface area (Å²) in [5, 5.41) is 0. The fourth-order valence-electron chi connectivity index (χ4n) is 3.99. The Morgan fingerprint density at radius 3 is 2.68 bits per heavy atom. The number of aryl methyl sites for hydroxylation is 1. The lowest BCUT2D eigenvalue weighted by molar-refractivity contribution is 0.342. The second-order valence-corrected chi connectivity index (χ2v) is 8.63. The van der Waals surface area contributed by atoms with Gasteiger partial charge in [0.25, 0.3) is 0 Å². The Hall–Kier alpha value is -1.78. The third-order valence-corrected chi connectivity index (χ3v) is 5.14. The molecule has 5 nitrogen and oxygen atoms in total. The van der Waals surface area contributed by atoms with Crippen molar-refractivity contribution in [2.24, 2.45) is 12.5 Å². The van der Waals surface area contributed by atoms with Crippen LogP contribution in [0.4, 0.5) is 5.82 Å². The van der Waals surface area contributed by atoms with E-state index in [0.717, 1.165) is 23.5 Å². The maximum Gasteiger partial charge on any atom is 0.330 e. The molecule has 0 radical (unpaired) electrons. The monoisotopic (exact) mass is 344 g/mol. The summed E-state index contributed by atoms with van der Waals surface area (Å²) in [6, 6.07) is 4.77. The van der Waals surface area contributed by atoms with Gasteiger partial charge in [-0.05, 0) is 43.2 Å². The SMILES string of the molecule is CCCC1CCCCN1c1ccc2c(n1)n(C)c(=O)n2CC(C)(C)C. The zero-order valence-electron chi connectivity index (χ0n) is 16.4. The fraction of sp³-hybridized carbons (Fsp3) is 0.700. The molecular formula is C20H32N4O. The topological polar surface area (TPSA) is 43.1 Å². The fourth-order valence-corrected chi connectivity index (χ4v) is 3.99. The highest BCUT2D eigenvalue weighted by Crippen LogP contribution is 2.28. The van der Waals surface area contributed by atoms with E-state index in [0.29, 0.717) is 12.6 Å². The quantitative estimate of drug-likeness (QED) is 0.844. The van der Waals surface area contributed by atoms with Gasteiger partial charge in [0.2, 0.25) is 0 Å². The van der Waals surface area contributed by atoms with Crippen LogP contribution in [0, 0.1) is 5.41 Å². The van der Waals surface area contributed by atoms with Crippen LogP contribution >= 0.6 is 0 Å². The number of piperidine rings is 1. The minimum atomic E-state index is 0.0262. The highest BCUT2D eigenvalue weighted by atomic mass is 16.1. The summed E-state index contributed by atoms with van der Waals surface area (Å²) < 4.78 is 3.56. The molecule has 1 atom stereocenters. The Kier molecular flexibility index (Phi) is 4.94. The lowest BCUT2D eigenvalue weighted by atomic mass is 9.97. The highest BCUT2D eigenvalue weighted by molar-refractivity contribution is 5.74. The zero-order chi connectivity index (χ0) is 18.2. The molecule has 3 rings (SSSR count). The molecule has 1 saturated heterocycles. The Morgan fingerprint density at radius 1 is 1.24 bits per heavy atom. The van der Waals surface area contributed by atoms with Crippen molar-refractivity contribution in [1.82, 2.24) is 14.1 Å². The molecule has 138 valence electrons. The molecule has 1 aliphatic rings. The van der Waals surface area contributed by atoms with E-state index in [9.17, 15) is 4.79 Å². The average Bonchev–Trinajstić information content (AvgIpc) is 2.79. The third kappa shape index (κ3) is 3.60. The molecule has 0 saturated carbocycles. The molecule has 2 aromatic rings. The molecule has 0 amide bonds. The molecule has 0 spiro atoms. The van der Waals surface area contributed by atoms with E-state index in [1.807, 2.05) is 11.6 Å².